The fourth-order valence-corrected chi connectivity index (χ4v) is 2.47. The van der Waals surface area contributed by atoms with E-state index < -0.39 is 0 Å². The minimum Gasteiger partial charge on any atom is -0.337 e. The normalized spacial score (nSPS) is 21.1. The van der Waals surface area contributed by atoms with Gasteiger partial charge in [0.05, 0.1) is 6.54 Å². The first-order valence-electron chi connectivity index (χ1n) is 6.01. The fraction of sp³-hybridized carbons (Fsp3) is 0.500. The number of likely N-dealkylation sites (tertiary alicyclic amines) is 1. The van der Waals surface area contributed by atoms with Crippen LogP contribution in [-0.4, -0.2) is 37.7 Å². The van der Waals surface area contributed by atoms with Crippen LogP contribution < -0.4 is 0 Å². The minimum absolute atomic E-state index is 0.595. The van der Waals surface area contributed by atoms with Crippen LogP contribution in [0.5, 0.6) is 0 Å². The lowest BCUT2D eigenvalue weighted by Crippen LogP contribution is -2.21. The van der Waals surface area contributed by atoms with E-state index in [9.17, 15) is 0 Å². The van der Waals surface area contributed by atoms with Crippen molar-refractivity contribution in [2.24, 2.45) is 7.05 Å². The van der Waals surface area contributed by atoms with Crippen LogP contribution in [-0.2, 0) is 13.6 Å². The van der Waals surface area contributed by atoms with E-state index in [1.165, 1.54) is 12.1 Å². The SMILES string of the molecule is Cn1ccnc1CN1CCC(c2ccn[nH]2)C1. The zero-order chi connectivity index (χ0) is 11.7. The highest BCUT2D eigenvalue weighted by molar-refractivity contribution is 5.09. The lowest BCUT2D eigenvalue weighted by molar-refractivity contribution is 0.314. The van der Waals surface area contributed by atoms with E-state index in [-0.39, 0.29) is 0 Å². The van der Waals surface area contributed by atoms with Gasteiger partial charge in [-0.15, -0.1) is 0 Å². The van der Waals surface area contributed by atoms with Gasteiger partial charge in [0.15, 0.2) is 0 Å². The van der Waals surface area contributed by atoms with Crippen molar-refractivity contribution in [1.82, 2.24) is 24.6 Å². The summed E-state index contributed by atoms with van der Waals surface area (Å²) in [7, 11) is 2.05. The predicted octanol–water partition coefficient (Wildman–Crippen LogP) is 1.13. The van der Waals surface area contributed by atoms with Crippen LogP contribution in [0.4, 0.5) is 0 Å². The average Bonchev–Trinajstić information content (AvgIpc) is 3.02. The van der Waals surface area contributed by atoms with Crippen molar-refractivity contribution < 1.29 is 0 Å². The highest BCUT2D eigenvalue weighted by Gasteiger charge is 2.25. The molecule has 0 bridgehead atoms. The minimum atomic E-state index is 0.595. The molecule has 0 aromatic carbocycles. The van der Waals surface area contributed by atoms with Crippen LogP contribution in [0.25, 0.3) is 0 Å². The zero-order valence-corrected chi connectivity index (χ0v) is 10.0. The third kappa shape index (κ3) is 2.10. The Hall–Kier alpha value is -1.62. The summed E-state index contributed by atoms with van der Waals surface area (Å²) in [6.07, 6.45) is 6.89. The Morgan fingerprint density at radius 1 is 1.47 bits per heavy atom. The summed E-state index contributed by atoms with van der Waals surface area (Å²) in [5.74, 6) is 1.73. The Morgan fingerprint density at radius 2 is 2.41 bits per heavy atom. The van der Waals surface area contributed by atoms with Gasteiger partial charge < -0.3 is 4.57 Å². The van der Waals surface area contributed by atoms with Crippen LogP contribution in [0.2, 0.25) is 0 Å². The van der Waals surface area contributed by atoms with Crippen molar-refractivity contribution >= 4 is 0 Å². The van der Waals surface area contributed by atoms with Gasteiger partial charge in [-0.3, -0.25) is 10.00 Å². The number of hydrogen-bond donors (Lipinski definition) is 1. The van der Waals surface area contributed by atoms with E-state index in [1.54, 1.807) is 0 Å². The molecule has 0 aliphatic carbocycles. The first kappa shape index (κ1) is 10.5. The summed E-state index contributed by atoms with van der Waals surface area (Å²) in [6, 6.07) is 2.08. The molecule has 0 radical (unpaired) electrons. The number of aromatic amines is 1. The second kappa shape index (κ2) is 4.33. The third-order valence-corrected chi connectivity index (χ3v) is 3.52. The number of aromatic nitrogens is 4. The summed E-state index contributed by atoms with van der Waals surface area (Å²) in [6.45, 7) is 3.17. The Kier molecular flexibility index (Phi) is 2.68. The fourth-order valence-electron chi connectivity index (χ4n) is 2.47. The molecule has 1 saturated heterocycles. The molecule has 17 heavy (non-hydrogen) atoms. The molecular weight excluding hydrogens is 214 g/mol. The molecule has 90 valence electrons. The molecule has 2 aromatic rings. The van der Waals surface area contributed by atoms with Crippen LogP contribution in [0.1, 0.15) is 23.9 Å². The van der Waals surface area contributed by atoms with Crippen molar-refractivity contribution in [3.05, 3.63) is 36.2 Å². The van der Waals surface area contributed by atoms with Crippen LogP contribution in [0.3, 0.4) is 0 Å². The summed E-state index contributed by atoms with van der Waals surface area (Å²) < 4.78 is 2.09. The van der Waals surface area contributed by atoms with Crippen LogP contribution in [0, 0.1) is 0 Å². The summed E-state index contributed by atoms with van der Waals surface area (Å²) in [4.78, 5) is 6.82. The Balaban J connectivity index is 1.63. The summed E-state index contributed by atoms with van der Waals surface area (Å²) >= 11 is 0. The van der Waals surface area contributed by atoms with Crippen molar-refractivity contribution in [1.29, 1.82) is 0 Å². The van der Waals surface area contributed by atoms with Crippen molar-refractivity contribution in [2.45, 2.75) is 18.9 Å². The number of hydrogen-bond acceptors (Lipinski definition) is 3. The first-order valence-corrected chi connectivity index (χ1v) is 6.01. The number of aryl methyl sites for hydroxylation is 1. The van der Waals surface area contributed by atoms with Gasteiger partial charge in [0.1, 0.15) is 5.82 Å². The maximum absolute atomic E-state index is 4.37. The van der Waals surface area contributed by atoms with E-state index in [4.69, 9.17) is 0 Å². The maximum Gasteiger partial charge on any atom is 0.122 e. The van der Waals surface area contributed by atoms with Gasteiger partial charge in [0, 0.05) is 43.8 Å². The van der Waals surface area contributed by atoms with E-state index in [2.05, 4.69) is 30.7 Å². The van der Waals surface area contributed by atoms with E-state index in [0.717, 1.165) is 25.5 Å². The lowest BCUT2D eigenvalue weighted by atomic mass is 10.1. The Bertz CT molecular complexity index is 473. The standard InChI is InChI=1S/C12H17N5/c1-16-7-5-13-12(16)9-17-6-3-10(8-17)11-2-4-14-15-11/h2,4-5,7,10H,3,6,8-9H2,1H3,(H,14,15). The molecule has 3 heterocycles. The molecule has 1 atom stereocenters. The molecule has 0 saturated carbocycles. The molecule has 0 amide bonds. The quantitative estimate of drug-likeness (QED) is 0.861. The number of nitrogens with one attached hydrogen (secondary N) is 1. The summed E-state index contributed by atoms with van der Waals surface area (Å²) in [5, 5.41) is 7.09. The third-order valence-electron chi connectivity index (χ3n) is 3.52. The van der Waals surface area contributed by atoms with Gasteiger partial charge in [-0.1, -0.05) is 0 Å². The lowest BCUT2D eigenvalue weighted by Gasteiger charge is -2.15. The molecule has 1 N–H and O–H groups in total. The molecular formula is C12H17N5. The largest absolute Gasteiger partial charge is 0.337 e. The predicted molar refractivity (Wildman–Crippen MR) is 64.4 cm³/mol. The first-order chi connectivity index (χ1) is 8.33. The topological polar surface area (TPSA) is 49.7 Å². The van der Waals surface area contributed by atoms with E-state index >= 15 is 0 Å². The second-order valence-corrected chi connectivity index (χ2v) is 4.69. The van der Waals surface area contributed by atoms with Crippen LogP contribution in [0.15, 0.2) is 24.7 Å². The van der Waals surface area contributed by atoms with Crippen LogP contribution >= 0.6 is 0 Å². The smallest absolute Gasteiger partial charge is 0.122 e. The zero-order valence-electron chi connectivity index (χ0n) is 10.0. The van der Waals surface area contributed by atoms with Gasteiger partial charge in [-0.25, -0.2) is 4.98 Å². The highest BCUT2D eigenvalue weighted by atomic mass is 15.2. The molecule has 0 spiro atoms. The van der Waals surface area contributed by atoms with E-state index in [0.29, 0.717) is 5.92 Å². The molecule has 5 heteroatoms. The number of nitrogens with zero attached hydrogens (tertiary/aromatic N) is 4. The molecule has 2 aromatic heterocycles. The van der Waals surface area contributed by atoms with E-state index in [1.807, 2.05) is 25.6 Å². The van der Waals surface area contributed by atoms with Gasteiger partial charge in [-0.05, 0) is 19.0 Å². The Morgan fingerprint density at radius 3 is 3.12 bits per heavy atom. The second-order valence-electron chi connectivity index (χ2n) is 4.69. The van der Waals surface area contributed by atoms with Crippen molar-refractivity contribution in [3.63, 3.8) is 0 Å². The average molecular weight is 231 g/mol. The van der Waals surface area contributed by atoms with Crippen molar-refractivity contribution in [3.8, 4) is 0 Å². The van der Waals surface area contributed by atoms with Gasteiger partial charge in [-0.2, -0.15) is 5.10 Å². The number of rotatable bonds is 3. The maximum atomic E-state index is 4.37. The molecule has 1 unspecified atom stereocenters. The van der Waals surface area contributed by atoms with Gasteiger partial charge in [0.2, 0.25) is 0 Å². The number of imidazole rings is 1. The Labute approximate surface area is 100 Å². The molecule has 1 fully saturated rings. The molecule has 1 aliphatic heterocycles. The molecule has 1 aliphatic rings. The van der Waals surface area contributed by atoms with Crippen molar-refractivity contribution in [2.75, 3.05) is 13.1 Å². The highest BCUT2D eigenvalue weighted by Crippen LogP contribution is 2.26. The monoisotopic (exact) mass is 231 g/mol. The summed E-state index contributed by atoms with van der Waals surface area (Å²) in [5.41, 5.74) is 1.26. The van der Waals surface area contributed by atoms with Gasteiger partial charge >= 0.3 is 0 Å². The van der Waals surface area contributed by atoms with Gasteiger partial charge in [0.25, 0.3) is 0 Å². The molecule has 5 nitrogen and oxygen atoms in total. The number of H-pyrrole nitrogens is 1. The molecule has 3 rings (SSSR count).